The van der Waals surface area contributed by atoms with Crippen molar-refractivity contribution in [2.24, 2.45) is 38.0 Å². The standard InChI is InChI=1S/2C17H17ClN6O2.C10H12N4O.C7H6Cl2N2O.C6H3Cl2NO2.C6H12N2O.CH5N.ClH/c2*1-19-17(25)11-8-20-14(18)7-13(11)22-12-6-4-5-10(15(12)26-3)16-21-9-24(2)23-16;1-14-6-12-10(13-14)7-4-3-5-8(11)9(7)15-2;1-10-7(12)4-3-11-6(9)2-5(4)8;7-4-1-5(8)9-2-3(4)6(10)11;1-6(2)3-8(4-6)5(7)9;1-2;/h2*4-9H,1-3H3,(H,19,25)(H,20,22);3-6H,11H2,1-2H3;2-3H,1H3,(H,10,12);1-2H,(H,10,11);3-4H2,1-2H3,(H2,7,9);2H2,1H3;1H/i2*1D3;;1D3;;;1D3;. The minimum Gasteiger partial charge on any atom is -0.494 e. The van der Waals surface area contributed by atoms with Gasteiger partial charge in [0.25, 0.3) is 17.7 Å². The van der Waals surface area contributed by atoms with Crippen LogP contribution in [-0.4, -0.2) is 166 Å². The van der Waals surface area contributed by atoms with Crippen molar-refractivity contribution in [1.29, 1.82) is 0 Å². The molecule has 10 aromatic rings. The van der Waals surface area contributed by atoms with Crippen LogP contribution in [0.5, 0.6) is 17.2 Å². The second kappa shape index (κ2) is 40.2. The molecule has 0 aliphatic carbocycles. The topological polar surface area (TPSA) is 418 Å². The number of nitrogens with two attached hydrogens (primary N) is 3. The highest BCUT2D eigenvalue weighted by molar-refractivity contribution is 6.36. The Hall–Kier alpha value is -10.4. The number of hydrogen-bond acceptors (Lipinski definition) is 22. The lowest BCUT2D eigenvalue weighted by molar-refractivity contribution is 0.0665. The molecule has 0 unspecified atom stereocenters. The van der Waals surface area contributed by atoms with Gasteiger partial charge in [0.2, 0.25) is 0 Å². The van der Waals surface area contributed by atoms with Crippen molar-refractivity contribution in [3.63, 3.8) is 0 Å². The fourth-order valence-corrected chi connectivity index (χ4v) is 9.83. The van der Waals surface area contributed by atoms with Crippen molar-refractivity contribution in [3.05, 3.63) is 176 Å². The van der Waals surface area contributed by atoms with Crippen molar-refractivity contribution >= 4 is 140 Å². The Bertz CT molecular complexity index is 4800. The quantitative estimate of drug-likeness (QED) is 0.0361. The maximum absolute atomic E-state index is 12.4. The summed E-state index contributed by atoms with van der Waals surface area (Å²) in [4.78, 5) is 86.1. The van der Waals surface area contributed by atoms with Crippen LogP contribution in [0.3, 0.4) is 0 Å². The molecule has 0 atom stereocenters. The number of anilines is 5. The molecule has 5 amide bonds. The van der Waals surface area contributed by atoms with Gasteiger partial charge in [0.05, 0.1) is 98.8 Å². The number of carbonyl (C=O) groups excluding carboxylic acids is 4. The number of carbonyl (C=O) groups is 5. The molecule has 0 saturated carbocycles. The van der Waals surface area contributed by atoms with Gasteiger partial charge in [-0.1, -0.05) is 102 Å². The third-order valence-electron chi connectivity index (χ3n) is 13.0. The van der Waals surface area contributed by atoms with Gasteiger partial charge in [0.1, 0.15) is 39.6 Å². The number of nitrogens with zero attached hydrogens (tertiary/aromatic N) is 14. The fourth-order valence-electron chi connectivity index (χ4n) is 8.61. The van der Waals surface area contributed by atoms with Crippen molar-refractivity contribution in [3.8, 4) is 51.4 Å². The Morgan fingerprint density at radius 3 is 1.16 bits per heavy atom. The number of carboxylic acids is 1. The number of rotatable bonds is 14. The van der Waals surface area contributed by atoms with E-state index in [4.69, 9.17) is 117 Å². The molecule has 8 heterocycles. The van der Waals surface area contributed by atoms with Crippen LogP contribution in [0.1, 0.15) is 71.7 Å². The smallest absolute Gasteiger partial charge is 0.338 e. The zero-order chi connectivity index (χ0) is 84.8. The summed E-state index contributed by atoms with van der Waals surface area (Å²) in [6.45, 7) is -4.24. The number of aromatic nitrogens is 13. The van der Waals surface area contributed by atoms with Crippen LogP contribution in [-0.2, 0) is 21.1 Å². The summed E-state index contributed by atoms with van der Waals surface area (Å²) in [5, 5.41) is 33.7. The minimum absolute atomic E-state index is 0. The van der Waals surface area contributed by atoms with E-state index >= 15 is 0 Å². The molecule has 11 rings (SSSR count). The molecule has 542 valence electrons. The van der Waals surface area contributed by atoms with Gasteiger partial charge in [0.15, 0.2) is 34.7 Å². The molecule has 31 nitrogen and oxygen atoms in total. The molecule has 12 N–H and O–H groups in total. The van der Waals surface area contributed by atoms with Crippen LogP contribution in [0, 0.1) is 5.41 Å². The SMILES string of the molecule is CC1(C)CN(C(N)=O)C1.COc1c(N)cccc1-c1ncn(C)n1.Cl.O=C(O)c1cnc(Cl)cc1Cl.[2H]C([2H])([2H])N.[2H]C([2H])([2H])NC(=O)c1cnc(Cl)cc1Cl.[2H]C([2H])([2H])NC(=O)c1cnc(Cl)cc1Nc1cccc(-c2ncn(C)n2)c1OC.[2H]C([2H])([2H])NC(=O)c1cnc(Cl)cc1Nc1cccc(-c2ncn(C)n2)c1OC. The fraction of sp³-hybridized carbons (Fsp3) is 0.234. The summed E-state index contributed by atoms with van der Waals surface area (Å²) in [7, 11) is 9.89. The summed E-state index contributed by atoms with van der Waals surface area (Å²) in [6, 6.07) is 21.2. The molecule has 1 fully saturated rings. The minimum atomic E-state index is -2.64. The predicted octanol–water partition coefficient (Wildman–Crippen LogP) is 10.6. The van der Waals surface area contributed by atoms with Gasteiger partial charge in [-0.05, 0) is 67.6 Å². The number of aromatic carboxylic acids is 1. The number of nitrogens with one attached hydrogen (secondary N) is 5. The predicted molar refractivity (Wildman–Crippen MR) is 396 cm³/mol. The number of carboxylic acid groups (broad SMARTS) is 1. The van der Waals surface area contributed by atoms with Crippen molar-refractivity contribution in [2.75, 3.05) is 78.7 Å². The number of primary amides is 1. The number of nitrogen functional groups attached to an aromatic ring is 1. The molecule has 0 spiro atoms. The van der Waals surface area contributed by atoms with Crippen LogP contribution in [0.15, 0.2) is 123 Å². The van der Waals surface area contributed by atoms with Crippen LogP contribution < -0.4 is 58.0 Å². The van der Waals surface area contributed by atoms with Crippen LogP contribution in [0.25, 0.3) is 34.2 Å². The van der Waals surface area contributed by atoms with E-state index < -0.39 is 51.6 Å². The lowest BCUT2D eigenvalue weighted by atomic mass is 9.85. The molecule has 3 aromatic carbocycles. The average molecular weight is 1550 g/mol. The van der Waals surface area contributed by atoms with Crippen LogP contribution >= 0.6 is 82.0 Å². The van der Waals surface area contributed by atoms with Gasteiger partial charge in [-0.25, -0.2) is 44.5 Å². The first-order valence-electron chi connectivity index (χ1n) is 34.4. The summed E-state index contributed by atoms with van der Waals surface area (Å²) in [5.74, 6) is -0.546. The lowest BCUT2D eigenvalue weighted by Crippen LogP contribution is -2.57. The maximum atomic E-state index is 12.4. The Morgan fingerprint density at radius 2 is 0.853 bits per heavy atom. The van der Waals surface area contributed by atoms with E-state index in [9.17, 15) is 24.0 Å². The molecular formula is C64H73Cl7N22O9. The van der Waals surface area contributed by atoms with E-state index in [0.717, 1.165) is 31.0 Å². The number of halogens is 7. The Labute approximate surface area is 639 Å². The van der Waals surface area contributed by atoms with Gasteiger partial charge in [-0.2, -0.15) is 15.3 Å². The molecule has 102 heavy (non-hydrogen) atoms. The first-order chi connectivity index (χ1) is 52.5. The summed E-state index contributed by atoms with van der Waals surface area (Å²) in [6.07, 6.45) is 9.39. The van der Waals surface area contributed by atoms with E-state index in [-0.39, 0.29) is 82.7 Å². The zero-order valence-electron chi connectivity index (χ0n) is 66.8. The molecule has 1 aliphatic rings. The Morgan fingerprint density at radius 1 is 0.520 bits per heavy atom. The van der Waals surface area contributed by atoms with Gasteiger partial charge in [0, 0.05) is 102 Å². The van der Waals surface area contributed by atoms with E-state index in [1.807, 2.05) is 29.8 Å². The molecule has 1 aliphatic heterocycles. The first kappa shape index (κ1) is 66.2. The number of ether oxygens (including phenoxy) is 3. The highest BCUT2D eigenvalue weighted by Gasteiger charge is 2.36. The Kier molecular flexibility index (Phi) is 26.1. The summed E-state index contributed by atoms with van der Waals surface area (Å²) in [5.41, 5.74) is 19.6. The second-order valence-electron chi connectivity index (χ2n) is 20.8. The number of amides is 5. The molecule has 38 heteroatoms. The molecular weight excluding hydrogens is 1470 g/mol. The number of urea groups is 1. The zero-order valence-corrected chi connectivity index (χ0v) is 60.2. The summed E-state index contributed by atoms with van der Waals surface area (Å²) < 4.78 is 103. The van der Waals surface area contributed by atoms with E-state index in [2.05, 4.69) is 80.4 Å². The lowest BCUT2D eigenvalue weighted by Gasteiger charge is -2.44. The highest BCUT2D eigenvalue weighted by Crippen LogP contribution is 2.39. The average Bonchev–Trinajstić information content (AvgIpc) is 1.38. The van der Waals surface area contributed by atoms with Gasteiger partial charge in [-0.15, -0.1) is 12.4 Å². The molecule has 0 radical (unpaired) electrons. The van der Waals surface area contributed by atoms with Gasteiger partial charge in [-0.3, -0.25) is 28.4 Å². The van der Waals surface area contributed by atoms with Gasteiger partial charge >= 0.3 is 12.0 Å². The molecule has 0 bridgehead atoms. The first-order valence-corrected chi connectivity index (χ1v) is 30.6. The number of pyridine rings is 4. The monoisotopic (exact) mass is 1550 g/mol. The molecule has 7 aromatic heterocycles. The normalized spacial score (nSPS) is 13.3. The van der Waals surface area contributed by atoms with Crippen molar-refractivity contribution in [2.45, 2.75) is 13.8 Å². The number of methoxy groups -OCH3 is 3. The van der Waals surface area contributed by atoms with Crippen LogP contribution in [0.4, 0.5) is 33.2 Å². The van der Waals surface area contributed by atoms with Crippen molar-refractivity contribution in [1.82, 2.24) is 85.1 Å². The second-order valence-corrected chi connectivity index (χ2v) is 23.1. The van der Waals surface area contributed by atoms with Crippen LogP contribution in [0.2, 0.25) is 30.7 Å². The number of aryl methyl sites for hydroxylation is 3. The number of likely N-dealkylation sites (tertiary alicyclic amines) is 1. The molecule has 1 saturated heterocycles. The third-order valence-corrected chi connectivity index (χ3v) is 14.4. The Balaban J connectivity index is 0.000000298. The van der Waals surface area contributed by atoms with Gasteiger partial charge < -0.3 is 68.0 Å². The number of benzene rings is 3. The summed E-state index contributed by atoms with van der Waals surface area (Å²) >= 11 is 34.1. The number of hydrogen-bond donors (Lipinski definition) is 9. The largest absolute Gasteiger partial charge is 0.494 e. The van der Waals surface area contributed by atoms with E-state index in [0.29, 0.717) is 68.3 Å². The van der Waals surface area contributed by atoms with E-state index in [1.165, 1.54) is 50.9 Å². The maximum Gasteiger partial charge on any atom is 0.338 e. The highest BCUT2D eigenvalue weighted by atomic mass is 35.5. The van der Waals surface area contributed by atoms with E-state index in [1.54, 1.807) is 107 Å². The third kappa shape index (κ3) is 23.6. The number of para-hydroxylation sites is 3. The van der Waals surface area contributed by atoms with Crippen molar-refractivity contribution < 1.29 is 59.7 Å².